The van der Waals surface area contributed by atoms with Crippen LogP contribution in [-0.4, -0.2) is 17.9 Å². The average Bonchev–Trinajstić information content (AvgIpc) is 2.27. The lowest BCUT2D eigenvalue weighted by atomic mass is 10.1. The third-order valence-corrected chi connectivity index (χ3v) is 2.43. The van der Waals surface area contributed by atoms with Gasteiger partial charge in [-0.1, -0.05) is 25.5 Å². The van der Waals surface area contributed by atoms with Gasteiger partial charge in [-0.3, -0.25) is 0 Å². The Morgan fingerprint density at radius 1 is 1.33 bits per heavy atom. The first-order valence-electron chi connectivity index (χ1n) is 5.90. The van der Waals surface area contributed by atoms with Gasteiger partial charge in [-0.15, -0.1) is 0 Å². The minimum absolute atomic E-state index is 0.223. The average molecular weight is 262 g/mol. The number of ether oxygens (including phenoxy) is 1. The third kappa shape index (κ3) is 5.40. The summed E-state index contributed by atoms with van der Waals surface area (Å²) in [6.45, 7) is 2.54. The van der Waals surface area contributed by atoms with Gasteiger partial charge in [0, 0.05) is 0 Å². The van der Waals surface area contributed by atoms with Crippen LogP contribution in [0.1, 0.15) is 37.9 Å². The van der Waals surface area contributed by atoms with Gasteiger partial charge in [0.1, 0.15) is 5.75 Å². The second-order valence-corrected chi connectivity index (χ2v) is 4.11. The first-order valence-corrected chi connectivity index (χ1v) is 5.90. The maximum Gasteiger partial charge on any atom is 0.391 e. The van der Waals surface area contributed by atoms with Crippen molar-refractivity contribution in [2.24, 2.45) is 0 Å². The van der Waals surface area contributed by atoms with Crippen molar-refractivity contribution in [3.8, 4) is 5.75 Å². The molecule has 1 atom stereocenters. The summed E-state index contributed by atoms with van der Waals surface area (Å²) < 4.78 is 41.8. The van der Waals surface area contributed by atoms with Crippen molar-refractivity contribution in [1.82, 2.24) is 0 Å². The summed E-state index contributed by atoms with van der Waals surface area (Å²) in [6.07, 6.45) is -5.30. The number of aliphatic hydroxyl groups is 1. The molecule has 0 aliphatic carbocycles. The molecule has 0 amide bonds. The maximum atomic E-state index is 12.1. The predicted molar refractivity (Wildman–Crippen MR) is 62.5 cm³/mol. The van der Waals surface area contributed by atoms with Gasteiger partial charge in [-0.2, -0.15) is 13.2 Å². The molecule has 0 aliphatic heterocycles. The van der Waals surface area contributed by atoms with Crippen LogP contribution in [0, 0.1) is 0 Å². The zero-order valence-corrected chi connectivity index (χ0v) is 10.2. The van der Waals surface area contributed by atoms with Gasteiger partial charge in [0.2, 0.25) is 0 Å². The van der Waals surface area contributed by atoms with Crippen molar-refractivity contribution in [2.45, 2.75) is 38.5 Å². The van der Waals surface area contributed by atoms with Crippen LogP contribution in [0.4, 0.5) is 13.2 Å². The van der Waals surface area contributed by atoms with Gasteiger partial charge in [0.25, 0.3) is 0 Å². The summed E-state index contributed by atoms with van der Waals surface area (Å²) in [7, 11) is 0. The van der Waals surface area contributed by atoms with Crippen molar-refractivity contribution in [3.63, 3.8) is 0 Å². The zero-order chi connectivity index (χ0) is 13.6. The normalized spacial score (nSPS) is 13.4. The lowest BCUT2D eigenvalue weighted by molar-refractivity contribution is -0.154. The van der Waals surface area contributed by atoms with Gasteiger partial charge in [0.05, 0.1) is 19.1 Å². The second kappa shape index (κ2) is 6.64. The van der Waals surface area contributed by atoms with Crippen LogP contribution >= 0.6 is 0 Å². The highest BCUT2D eigenvalue weighted by molar-refractivity contribution is 5.29. The van der Waals surface area contributed by atoms with E-state index in [0.717, 1.165) is 12.8 Å². The fourth-order valence-electron chi connectivity index (χ4n) is 1.48. The molecular weight excluding hydrogens is 245 g/mol. The van der Waals surface area contributed by atoms with E-state index in [4.69, 9.17) is 4.74 Å². The SMILES string of the molecule is CCCCOc1cccc(C(O)CC(F)(F)F)c1. The Morgan fingerprint density at radius 2 is 2.06 bits per heavy atom. The van der Waals surface area contributed by atoms with E-state index >= 15 is 0 Å². The van der Waals surface area contributed by atoms with Crippen molar-refractivity contribution in [3.05, 3.63) is 29.8 Å². The fraction of sp³-hybridized carbons (Fsp3) is 0.538. The van der Waals surface area contributed by atoms with Gasteiger partial charge in [-0.25, -0.2) is 0 Å². The molecule has 0 aliphatic rings. The molecule has 102 valence electrons. The van der Waals surface area contributed by atoms with Gasteiger partial charge in [-0.05, 0) is 24.1 Å². The third-order valence-electron chi connectivity index (χ3n) is 2.43. The van der Waals surface area contributed by atoms with E-state index in [1.165, 1.54) is 12.1 Å². The van der Waals surface area contributed by atoms with Crippen molar-refractivity contribution in [2.75, 3.05) is 6.61 Å². The Hall–Kier alpha value is -1.23. The largest absolute Gasteiger partial charge is 0.494 e. The van der Waals surface area contributed by atoms with Crippen LogP contribution < -0.4 is 4.74 Å². The van der Waals surface area contributed by atoms with E-state index in [-0.39, 0.29) is 5.56 Å². The molecule has 1 aromatic rings. The minimum atomic E-state index is -4.38. The molecular formula is C13H17F3O2. The number of benzene rings is 1. The molecule has 1 unspecified atom stereocenters. The van der Waals surface area contributed by atoms with Crippen molar-refractivity contribution >= 4 is 0 Å². The topological polar surface area (TPSA) is 29.5 Å². The van der Waals surface area contributed by atoms with Gasteiger partial charge in [0.15, 0.2) is 0 Å². The molecule has 0 heterocycles. The molecule has 0 bridgehead atoms. The van der Waals surface area contributed by atoms with Crippen LogP contribution in [-0.2, 0) is 0 Å². The van der Waals surface area contributed by atoms with E-state index in [2.05, 4.69) is 0 Å². The summed E-state index contributed by atoms with van der Waals surface area (Å²) in [6, 6.07) is 6.16. The van der Waals surface area contributed by atoms with E-state index in [1.807, 2.05) is 6.92 Å². The highest BCUT2D eigenvalue weighted by atomic mass is 19.4. The Morgan fingerprint density at radius 3 is 2.67 bits per heavy atom. The number of aliphatic hydroxyl groups excluding tert-OH is 1. The first-order chi connectivity index (χ1) is 8.42. The molecule has 0 saturated heterocycles. The molecule has 0 spiro atoms. The lowest BCUT2D eigenvalue weighted by Gasteiger charge is -2.14. The highest BCUT2D eigenvalue weighted by Gasteiger charge is 2.31. The van der Waals surface area contributed by atoms with Gasteiger partial charge < -0.3 is 9.84 Å². The first kappa shape index (κ1) is 14.8. The van der Waals surface area contributed by atoms with Crippen molar-refractivity contribution in [1.29, 1.82) is 0 Å². The number of rotatable bonds is 6. The summed E-state index contributed by atoms with van der Waals surface area (Å²) >= 11 is 0. The summed E-state index contributed by atoms with van der Waals surface area (Å²) in [5.74, 6) is 0.488. The fourth-order valence-corrected chi connectivity index (χ4v) is 1.48. The molecule has 0 fully saturated rings. The van der Waals surface area contributed by atoms with Crippen LogP contribution in [0.3, 0.4) is 0 Å². The smallest absolute Gasteiger partial charge is 0.391 e. The lowest BCUT2D eigenvalue weighted by Crippen LogP contribution is -2.13. The molecule has 0 saturated carbocycles. The Balaban J connectivity index is 2.63. The highest BCUT2D eigenvalue weighted by Crippen LogP contribution is 2.30. The quantitative estimate of drug-likeness (QED) is 0.789. The number of alkyl halides is 3. The molecule has 1 aromatic carbocycles. The van der Waals surface area contributed by atoms with Crippen LogP contribution in [0.5, 0.6) is 5.75 Å². The number of halogens is 3. The predicted octanol–water partition coefficient (Wildman–Crippen LogP) is 3.85. The Bertz CT molecular complexity index is 363. The van der Waals surface area contributed by atoms with Gasteiger partial charge >= 0.3 is 6.18 Å². The van der Waals surface area contributed by atoms with E-state index in [1.54, 1.807) is 12.1 Å². The number of unbranched alkanes of at least 4 members (excludes halogenated alkanes) is 1. The molecule has 18 heavy (non-hydrogen) atoms. The minimum Gasteiger partial charge on any atom is -0.494 e. The second-order valence-electron chi connectivity index (χ2n) is 4.11. The Kier molecular flexibility index (Phi) is 5.47. The summed E-state index contributed by atoms with van der Waals surface area (Å²) in [4.78, 5) is 0. The zero-order valence-electron chi connectivity index (χ0n) is 10.2. The summed E-state index contributed by atoms with van der Waals surface area (Å²) in [5, 5.41) is 9.48. The summed E-state index contributed by atoms with van der Waals surface area (Å²) in [5.41, 5.74) is 0.223. The van der Waals surface area contributed by atoms with Crippen LogP contribution in [0.25, 0.3) is 0 Å². The number of hydrogen-bond donors (Lipinski definition) is 1. The molecule has 1 rings (SSSR count). The molecule has 2 nitrogen and oxygen atoms in total. The molecule has 5 heteroatoms. The van der Waals surface area contributed by atoms with Crippen LogP contribution in [0.15, 0.2) is 24.3 Å². The van der Waals surface area contributed by atoms with Crippen molar-refractivity contribution < 1.29 is 23.0 Å². The van der Waals surface area contributed by atoms with E-state index in [9.17, 15) is 18.3 Å². The van der Waals surface area contributed by atoms with E-state index in [0.29, 0.717) is 12.4 Å². The number of hydrogen-bond acceptors (Lipinski definition) is 2. The maximum absolute atomic E-state index is 12.1. The van der Waals surface area contributed by atoms with Crippen LogP contribution in [0.2, 0.25) is 0 Å². The molecule has 0 aromatic heterocycles. The van der Waals surface area contributed by atoms with E-state index < -0.39 is 18.7 Å². The molecule has 0 radical (unpaired) electrons. The standard InChI is InChI=1S/C13H17F3O2/c1-2-3-7-18-11-6-4-5-10(8-11)12(17)9-13(14,15)16/h4-6,8,12,17H,2-3,7,9H2,1H3. The Labute approximate surface area is 104 Å². The monoisotopic (exact) mass is 262 g/mol. The molecule has 1 N–H and O–H groups in total.